The van der Waals surface area contributed by atoms with Crippen molar-refractivity contribution in [2.75, 3.05) is 26.9 Å². The summed E-state index contributed by atoms with van der Waals surface area (Å²) in [6, 6.07) is 6.52. The Labute approximate surface area is 114 Å². The van der Waals surface area contributed by atoms with E-state index < -0.39 is 0 Å². The van der Waals surface area contributed by atoms with Crippen LogP contribution in [0.1, 0.15) is 16.7 Å². The van der Waals surface area contributed by atoms with Crippen molar-refractivity contribution in [2.24, 2.45) is 5.41 Å². The van der Waals surface area contributed by atoms with E-state index in [1.165, 1.54) is 11.1 Å². The molecule has 0 amide bonds. The van der Waals surface area contributed by atoms with E-state index in [1.54, 1.807) is 7.11 Å². The minimum atomic E-state index is -0.340. The SMILES string of the molecule is COc1cc(C)c(C)cc1CNCC1(C#N)COC1. The molecule has 1 aliphatic heterocycles. The monoisotopic (exact) mass is 260 g/mol. The third-order valence-corrected chi connectivity index (χ3v) is 3.67. The first-order valence-corrected chi connectivity index (χ1v) is 6.44. The van der Waals surface area contributed by atoms with Gasteiger partial charge in [-0.2, -0.15) is 5.26 Å². The summed E-state index contributed by atoms with van der Waals surface area (Å²) in [7, 11) is 1.68. The highest BCUT2D eigenvalue weighted by Crippen LogP contribution is 2.26. The van der Waals surface area contributed by atoms with Gasteiger partial charge in [0.25, 0.3) is 0 Å². The molecule has 0 spiro atoms. The van der Waals surface area contributed by atoms with Gasteiger partial charge in [0.2, 0.25) is 0 Å². The largest absolute Gasteiger partial charge is 0.496 e. The smallest absolute Gasteiger partial charge is 0.123 e. The van der Waals surface area contributed by atoms with Crippen molar-refractivity contribution < 1.29 is 9.47 Å². The van der Waals surface area contributed by atoms with Crippen LogP contribution >= 0.6 is 0 Å². The van der Waals surface area contributed by atoms with Crippen LogP contribution < -0.4 is 10.1 Å². The van der Waals surface area contributed by atoms with Crippen molar-refractivity contribution >= 4 is 0 Å². The highest BCUT2D eigenvalue weighted by molar-refractivity contribution is 5.41. The highest BCUT2D eigenvalue weighted by Gasteiger charge is 2.38. The molecule has 0 bridgehead atoms. The summed E-state index contributed by atoms with van der Waals surface area (Å²) < 4.78 is 10.5. The molecule has 1 aliphatic rings. The van der Waals surface area contributed by atoms with Gasteiger partial charge < -0.3 is 14.8 Å². The van der Waals surface area contributed by atoms with Crippen molar-refractivity contribution in [2.45, 2.75) is 20.4 Å². The summed E-state index contributed by atoms with van der Waals surface area (Å²) in [6.07, 6.45) is 0. The van der Waals surface area contributed by atoms with Gasteiger partial charge in [-0.05, 0) is 31.0 Å². The maximum absolute atomic E-state index is 9.12. The van der Waals surface area contributed by atoms with Gasteiger partial charge in [-0.25, -0.2) is 0 Å². The maximum Gasteiger partial charge on any atom is 0.123 e. The predicted molar refractivity (Wildman–Crippen MR) is 73.0 cm³/mol. The number of nitriles is 1. The Morgan fingerprint density at radius 3 is 2.58 bits per heavy atom. The molecule has 0 atom stereocenters. The molecule has 0 saturated carbocycles. The second-order valence-electron chi connectivity index (χ2n) is 5.24. The van der Waals surface area contributed by atoms with Crippen molar-refractivity contribution in [3.63, 3.8) is 0 Å². The lowest BCUT2D eigenvalue weighted by atomic mass is 9.88. The molecular formula is C15H20N2O2. The molecule has 2 rings (SSSR count). The fraction of sp³-hybridized carbons (Fsp3) is 0.533. The third kappa shape index (κ3) is 2.89. The van der Waals surface area contributed by atoms with Gasteiger partial charge in [0, 0.05) is 18.7 Å². The Hall–Kier alpha value is -1.57. The molecule has 0 radical (unpaired) electrons. The molecular weight excluding hydrogens is 240 g/mol. The number of nitrogens with zero attached hydrogens (tertiary/aromatic N) is 1. The quantitative estimate of drug-likeness (QED) is 0.879. The van der Waals surface area contributed by atoms with Gasteiger partial charge in [-0.15, -0.1) is 0 Å². The van der Waals surface area contributed by atoms with Crippen LogP contribution in [0, 0.1) is 30.6 Å². The fourth-order valence-corrected chi connectivity index (χ4v) is 2.17. The summed E-state index contributed by atoms with van der Waals surface area (Å²) in [5, 5.41) is 12.5. The molecule has 1 fully saturated rings. The molecule has 0 unspecified atom stereocenters. The molecule has 1 aromatic rings. The van der Waals surface area contributed by atoms with Gasteiger partial charge in [-0.3, -0.25) is 0 Å². The number of benzene rings is 1. The van der Waals surface area contributed by atoms with E-state index in [1.807, 2.05) is 0 Å². The minimum Gasteiger partial charge on any atom is -0.496 e. The number of rotatable bonds is 5. The zero-order chi connectivity index (χ0) is 13.9. The molecule has 19 heavy (non-hydrogen) atoms. The second kappa shape index (κ2) is 5.60. The Morgan fingerprint density at radius 2 is 2.05 bits per heavy atom. The van der Waals surface area contributed by atoms with Gasteiger partial charge in [0.15, 0.2) is 0 Å². The first-order valence-electron chi connectivity index (χ1n) is 6.44. The normalized spacial score (nSPS) is 16.5. The fourth-order valence-electron chi connectivity index (χ4n) is 2.17. The van der Waals surface area contributed by atoms with Crippen LogP contribution in [0.25, 0.3) is 0 Å². The van der Waals surface area contributed by atoms with Crippen molar-refractivity contribution in [3.8, 4) is 11.8 Å². The van der Waals surface area contributed by atoms with E-state index in [0.29, 0.717) is 26.3 Å². The average molecular weight is 260 g/mol. The van der Waals surface area contributed by atoms with Gasteiger partial charge >= 0.3 is 0 Å². The molecule has 1 heterocycles. The standard InChI is InChI=1S/C15H20N2O2/c1-11-4-13(14(18-3)5-12(11)2)6-17-8-15(7-16)9-19-10-15/h4-5,17H,6,8-10H2,1-3H3. The van der Waals surface area contributed by atoms with Crippen molar-refractivity contribution in [1.82, 2.24) is 5.32 Å². The zero-order valence-corrected chi connectivity index (χ0v) is 11.7. The number of nitrogens with one attached hydrogen (secondary N) is 1. The number of aryl methyl sites for hydroxylation is 2. The van der Waals surface area contributed by atoms with Gasteiger partial charge in [0.05, 0.1) is 26.4 Å². The molecule has 0 aromatic heterocycles. The summed E-state index contributed by atoms with van der Waals surface area (Å²) in [5.74, 6) is 0.895. The van der Waals surface area contributed by atoms with Crippen molar-refractivity contribution in [1.29, 1.82) is 5.26 Å². The van der Waals surface area contributed by atoms with Gasteiger partial charge in [0.1, 0.15) is 11.2 Å². The maximum atomic E-state index is 9.12. The first-order chi connectivity index (χ1) is 9.10. The number of ether oxygens (including phenoxy) is 2. The second-order valence-corrected chi connectivity index (χ2v) is 5.24. The lowest BCUT2D eigenvalue weighted by molar-refractivity contribution is -0.0755. The Bertz CT molecular complexity index is 502. The average Bonchev–Trinajstić information content (AvgIpc) is 2.36. The molecule has 1 N–H and O–H groups in total. The topological polar surface area (TPSA) is 54.3 Å². The van der Waals surface area contributed by atoms with Crippen LogP contribution in [-0.4, -0.2) is 26.9 Å². The third-order valence-electron chi connectivity index (χ3n) is 3.67. The Morgan fingerprint density at radius 1 is 1.37 bits per heavy atom. The molecule has 4 heteroatoms. The molecule has 102 valence electrons. The number of methoxy groups -OCH3 is 1. The van der Waals surface area contributed by atoms with E-state index in [9.17, 15) is 0 Å². The Balaban J connectivity index is 1.99. The van der Waals surface area contributed by atoms with E-state index in [-0.39, 0.29) is 5.41 Å². The van der Waals surface area contributed by atoms with Crippen LogP contribution in [0.5, 0.6) is 5.75 Å². The van der Waals surface area contributed by atoms with E-state index >= 15 is 0 Å². The van der Waals surface area contributed by atoms with Crippen LogP contribution in [0.4, 0.5) is 0 Å². The van der Waals surface area contributed by atoms with Gasteiger partial charge in [-0.1, -0.05) is 6.07 Å². The van der Waals surface area contributed by atoms with Crippen LogP contribution in [0.2, 0.25) is 0 Å². The minimum absolute atomic E-state index is 0.340. The zero-order valence-electron chi connectivity index (χ0n) is 11.7. The highest BCUT2D eigenvalue weighted by atomic mass is 16.5. The van der Waals surface area contributed by atoms with Crippen LogP contribution in [0.15, 0.2) is 12.1 Å². The summed E-state index contributed by atoms with van der Waals surface area (Å²) in [4.78, 5) is 0. The van der Waals surface area contributed by atoms with E-state index in [4.69, 9.17) is 14.7 Å². The summed E-state index contributed by atoms with van der Waals surface area (Å²) in [6.45, 7) is 6.58. The Kier molecular flexibility index (Phi) is 4.08. The molecule has 1 saturated heterocycles. The molecule has 0 aliphatic carbocycles. The summed E-state index contributed by atoms with van der Waals surface area (Å²) in [5.41, 5.74) is 3.26. The lowest BCUT2D eigenvalue weighted by Crippen LogP contribution is -2.48. The molecule has 4 nitrogen and oxygen atoms in total. The lowest BCUT2D eigenvalue weighted by Gasteiger charge is -2.35. The molecule has 1 aromatic carbocycles. The predicted octanol–water partition coefficient (Wildman–Crippen LogP) is 1.94. The first kappa shape index (κ1) is 13.9. The van der Waals surface area contributed by atoms with E-state index in [2.05, 4.69) is 37.4 Å². The number of hydrogen-bond acceptors (Lipinski definition) is 4. The summed E-state index contributed by atoms with van der Waals surface area (Å²) >= 11 is 0. The van der Waals surface area contributed by atoms with E-state index in [0.717, 1.165) is 11.3 Å². The van der Waals surface area contributed by atoms with Crippen LogP contribution in [0.3, 0.4) is 0 Å². The number of hydrogen-bond donors (Lipinski definition) is 1. The van der Waals surface area contributed by atoms with Crippen LogP contribution in [-0.2, 0) is 11.3 Å². The van der Waals surface area contributed by atoms with Crippen molar-refractivity contribution in [3.05, 3.63) is 28.8 Å².